The van der Waals surface area contributed by atoms with Crippen LogP contribution in [-0.4, -0.2) is 72.3 Å². The number of methoxy groups -OCH3 is 1. The summed E-state index contributed by atoms with van der Waals surface area (Å²) in [5.41, 5.74) is 2.19. The number of esters is 1. The van der Waals surface area contributed by atoms with E-state index in [1.165, 1.54) is 12.0 Å². The molecule has 0 fully saturated rings. The minimum atomic E-state index is -1.20. The lowest BCUT2D eigenvalue weighted by Gasteiger charge is -2.34. The SMILES string of the molecule is COC(=O)CNC(=O)C(c1cc(C)cc(C)c1)N(CCO)C(=O)C(Cc1ccccc1)NC(=O)OC(C)(C)C. The second kappa shape index (κ2) is 14.3. The lowest BCUT2D eigenvalue weighted by Crippen LogP contribution is -2.54. The van der Waals surface area contributed by atoms with E-state index in [1.807, 2.05) is 50.2 Å². The van der Waals surface area contributed by atoms with Crippen LogP contribution in [0.2, 0.25) is 0 Å². The van der Waals surface area contributed by atoms with Gasteiger partial charge >= 0.3 is 12.1 Å². The molecule has 0 radical (unpaired) electrons. The van der Waals surface area contributed by atoms with Crippen LogP contribution < -0.4 is 10.6 Å². The number of nitrogens with one attached hydrogen (secondary N) is 2. The summed E-state index contributed by atoms with van der Waals surface area (Å²) in [5, 5.41) is 15.1. The predicted octanol–water partition coefficient (Wildman–Crippen LogP) is 2.59. The van der Waals surface area contributed by atoms with E-state index in [-0.39, 0.29) is 13.0 Å². The molecule has 10 nitrogen and oxygen atoms in total. The number of ether oxygens (including phenoxy) is 2. The highest BCUT2D eigenvalue weighted by molar-refractivity contribution is 5.93. The van der Waals surface area contributed by atoms with Gasteiger partial charge in [0.2, 0.25) is 11.8 Å². The third kappa shape index (κ3) is 10.0. The Morgan fingerprint density at radius 2 is 1.62 bits per heavy atom. The van der Waals surface area contributed by atoms with E-state index >= 15 is 0 Å². The van der Waals surface area contributed by atoms with Gasteiger partial charge in [-0.05, 0) is 45.7 Å². The van der Waals surface area contributed by atoms with Gasteiger partial charge in [-0.25, -0.2) is 4.79 Å². The number of aryl methyl sites for hydroxylation is 2. The first-order chi connectivity index (χ1) is 18.3. The predicted molar refractivity (Wildman–Crippen MR) is 146 cm³/mol. The standard InChI is InChI=1S/C29H39N3O7/c1-19-14-20(2)16-22(15-19)25(26(35)30-18-24(34)38-6)32(12-13-33)27(36)23(17-21-10-8-7-9-11-21)31-28(37)39-29(3,4)5/h7-11,14-16,23,25,33H,12-13,17-18H2,1-6H3,(H,30,35)(H,31,37). The second-order valence-corrected chi connectivity index (χ2v) is 10.3. The van der Waals surface area contributed by atoms with Gasteiger partial charge in [-0.2, -0.15) is 0 Å². The Morgan fingerprint density at radius 1 is 1.00 bits per heavy atom. The normalized spacial score (nSPS) is 12.6. The van der Waals surface area contributed by atoms with Crippen LogP contribution in [0.4, 0.5) is 4.79 Å². The number of benzene rings is 2. The van der Waals surface area contributed by atoms with Crippen molar-refractivity contribution in [2.75, 3.05) is 26.8 Å². The Bertz CT molecular complexity index is 1130. The fourth-order valence-corrected chi connectivity index (χ4v) is 4.14. The molecular weight excluding hydrogens is 502 g/mol. The Morgan fingerprint density at radius 3 is 2.15 bits per heavy atom. The van der Waals surface area contributed by atoms with Gasteiger partial charge in [0, 0.05) is 13.0 Å². The summed E-state index contributed by atoms with van der Waals surface area (Å²) >= 11 is 0. The maximum absolute atomic E-state index is 14.1. The maximum Gasteiger partial charge on any atom is 0.408 e. The van der Waals surface area contributed by atoms with Crippen molar-refractivity contribution in [1.82, 2.24) is 15.5 Å². The van der Waals surface area contributed by atoms with Crippen molar-refractivity contribution in [2.45, 2.75) is 58.7 Å². The van der Waals surface area contributed by atoms with Crippen LogP contribution in [0.25, 0.3) is 0 Å². The summed E-state index contributed by atoms with van der Waals surface area (Å²) in [4.78, 5) is 53.3. The molecule has 2 rings (SSSR count). The fraction of sp³-hybridized carbons (Fsp3) is 0.448. The van der Waals surface area contributed by atoms with Crippen LogP contribution in [0, 0.1) is 13.8 Å². The van der Waals surface area contributed by atoms with Crippen LogP contribution in [0.1, 0.15) is 49.1 Å². The van der Waals surface area contributed by atoms with E-state index in [4.69, 9.17) is 4.74 Å². The number of aliphatic hydroxyl groups is 1. The van der Waals surface area contributed by atoms with Gasteiger partial charge in [0.25, 0.3) is 0 Å². The van der Waals surface area contributed by atoms with E-state index in [0.29, 0.717) is 5.56 Å². The molecule has 0 saturated carbocycles. The van der Waals surface area contributed by atoms with Crippen molar-refractivity contribution in [3.63, 3.8) is 0 Å². The zero-order valence-electron chi connectivity index (χ0n) is 23.4. The van der Waals surface area contributed by atoms with E-state index < -0.39 is 54.7 Å². The molecular formula is C29H39N3O7. The smallest absolute Gasteiger partial charge is 0.408 e. The van der Waals surface area contributed by atoms with Crippen molar-refractivity contribution < 1.29 is 33.8 Å². The zero-order chi connectivity index (χ0) is 29.2. The Kier molecular flexibility index (Phi) is 11.5. The minimum absolute atomic E-state index is 0.115. The zero-order valence-corrected chi connectivity index (χ0v) is 23.4. The van der Waals surface area contributed by atoms with E-state index in [2.05, 4.69) is 15.4 Å². The molecule has 0 heterocycles. The molecule has 10 heteroatoms. The first kappa shape index (κ1) is 31.3. The summed E-state index contributed by atoms with van der Waals surface area (Å²) in [7, 11) is 1.20. The number of hydrogen-bond acceptors (Lipinski definition) is 7. The molecule has 0 aliphatic carbocycles. The van der Waals surface area contributed by atoms with Crippen molar-refractivity contribution in [1.29, 1.82) is 0 Å². The summed E-state index contributed by atoms with van der Waals surface area (Å²) < 4.78 is 10.0. The first-order valence-electron chi connectivity index (χ1n) is 12.7. The van der Waals surface area contributed by atoms with Gasteiger partial charge in [-0.3, -0.25) is 14.4 Å². The van der Waals surface area contributed by atoms with Crippen LogP contribution in [0.3, 0.4) is 0 Å². The fourth-order valence-electron chi connectivity index (χ4n) is 4.14. The second-order valence-electron chi connectivity index (χ2n) is 10.3. The van der Waals surface area contributed by atoms with Crippen molar-refractivity contribution in [2.24, 2.45) is 0 Å². The van der Waals surface area contributed by atoms with Gasteiger partial charge in [0.1, 0.15) is 24.2 Å². The molecule has 3 N–H and O–H groups in total. The molecule has 0 aliphatic heterocycles. The molecule has 39 heavy (non-hydrogen) atoms. The largest absolute Gasteiger partial charge is 0.468 e. The topological polar surface area (TPSA) is 134 Å². The molecule has 0 bridgehead atoms. The highest BCUT2D eigenvalue weighted by Gasteiger charge is 2.36. The third-order valence-corrected chi connectivity index (χ3v) is 5.65. The van der Waals surface area contributed by atoms with Gasteiger partial charge < -0.3 is 30.1 Å². The highest BCUT2D eigenvalue weighted by atomic mass is 16.6. The van der Waals surface area contributed by atoms with Crippen molar-refractivity contribution >= 4 is 23.9 Å². The molecule has 0 aliphatic rings. The third-order valence-electron chi connectivity index (χ3n) is 5.65. The van der Waals surface area contributed by atoms with E-state index in [1.54, 1.807) is 32.9 Å². The number of carbonyl (C=O) groups is 4. The quantitative estimate of drug-likeness (QED) is 0.372. The van der Waals surface area contributed by atoms with Gasteiger partial charge in [0.15, 0.2) is 0 Å². The summed E-state index contributed by atoms with van der Waals surface area (Å²) in [6, 6.07) is 12.2. The van der Waals surface area contributed by atoms with E-state index in [0.717, 1.165) is 16.7 Å². The molecule has 2 aromatic rings. The average molecular weight is 542 g/mol. The summed E-state index contributed by atoms with van der Waals surface area (Å²) in [6.07, 6.45) is -0.677. The van der Waals surface area contributed by atoms with Crippen LogP contribution in [-0.2, 0) is 30.3 Å². The van der Waals surface area contributed by atoms with Gasteiger partial charge in [0.05, 0.1) is 13.7 Å². The highest BCUT2D eigenvalue weighted by Crippen LogP contribution is 2.25. The lowest BCUT2D eigenvalue weighted by atomic mass is 9.97. The number of aliphatic hydroxyl groups excluding tert-OH is 1. The summed E-state index contributed by atoms with van der Waals surface area (Å²) in [6.45, 7) is 7.80. The average Bonchev–Trinajstić information content (AvgIpc) is 2.85. The monoisotopic (exact) mass is 541 g/mol. The minimum Gasteiger partial charge on any atom is -0.468 e. The van der Waals surface area contributed by atoms with Crippen LogP contribution >= 0.6 is 0 Å². The van der Waals surface area contributed by atoms with Crippen LogP contribution in [0.5, 0.6) is 0 Å². The van der Waals surface area contributed by atoms with Crippen molar-refractivity contribution in [3.05, 3.63) is 70.8 Å². The molecule has 2 unspecified atom stereocenters. The number of amides is 3. The molecule has 0 saturated heterocycles. The number of nitrogens with zero attached hydrogens (tertiary/aromatic N) is 1. The molecule has 2 atom stereocenters. The summed E-state index contributed by atoms with van der Waals surface area (Å²) in [5.74, 6) is -1.89. The number of alkyl carbamates (subject to hydrolysis) is 1. The molecule has 212 valence electrons. The lowest BCUT2D eigenvalue weighted by molar-refractivity contribution is -0.145. The number of carbonyl (C=O) groups excluding carboxylic acids is 4. The number of rotatable bonds is 11. The van der Waals surface area contributed by atoms with E-state index in [9.17, 15) is 24.3 Å². The Balaban J connectivity index is 2.54. The Labute approximate surface area is 229 Å². The van der Waals surface area contributed by atoms with Gasteiger partial charge in [-0.1, -0.05) is 59.7 Å². The Hall–Kier alpha value is -3.92. The van der Waals surface area contributed by atoms with Crippen LogP contribution in [0.15, 0.2) is 48.5 Å². The molecule has 0 spiro atoms. The molecule has 3 amide bonds. The molecule has 0 aromatic heterocycles. The maximum atomic E-state index is 14.1. The number of hydrogen-bond donors (Lipinski definition) is 3. The molecule has 2 aromatic carbocycles. The first-order valence-corrected chi connectivity index (χ1v) is 12.7. The van der Waals surface area contributed by atoms with Crippen molar-refractivity contribution in [3.8, 4) is 0 Å². The van der Waals surface area contributed by atoms with Gasteiger partial charge in [-0.15, -0.1) is 0 Å².